The van der Waals surface area contributed by atoms with Gasteiger partial charge in [-0.05, 0) is 20.3 Å². The fourth-order valence-corrected chi connectivity index (χ4v) is 0.685. The van der Waals surface area contributed by atoms with Crippen LogP contribution in [0.1, 0.15) is 27.2 Å². The van der Waals surface area contributed by atoms with E-state index in [1.54, 1.807) is 6.92 Å². The van der Waals surface area contributed by atoms with Gasteiger partial charge in [-0.25, -0.2) is 4.79 Å². The Morgan fingerprint density at radius 2 is 2.18 bits per heavy atom. The Morgan fingerprint density at radius 1 is 1.55 bits per heavy atom. The Morgan fingerprint density at radius 3 is 2.64 bits per heavy atom. The summed E-state index contributed by atoms with van der Waals surface area (Å²) in [5.41, 5.74) is 0.839. The maximum atomic E-state index is 10.8. The summed E-state index contributed by atoms with van der Waals surface area (Å²) >= 11 is 0. The van der Waals surface area contributed by atoms with Gasteiger partial charge in [0.2, 0.25) is 0 Å². The molecule has 0 radical (unpaired) electrons. The van der Waals surface area contributed by atoms with E-state index in [9.17, 15) is 4.79 Å². The molecule has 0 aliphatic carbocycles. The van der Waals surface area contributed by atoms with E-state index in [0.29, 0.717) is 6.61 Å². The van der Waals surface area contributed by atoms with Crippen LogP contribution in [0.2, 0.25) is 0 Å². The highest BCUT2D eigenvalue weighted by Crippen LogP contribution is 1.90. The van der Waals surface area contributed by atoms with Gasteiger partial charge in [0, 0.05) is 5.70 Å². The lowest BCUT2D eigenvalue weighted by Crippen LogP contribution is -2.22. The molecule has 0 unspecified atom stereocenters. The van der Waals surface area contributed by atoms with Crippen molar-refractivity contribution >= 4 is 6.09 Å². The Kier molecular flexibility index (Phi) is 5.25. The molecule has 11 heavy (non-hydrogen) atoms. The monoisotopic (exact) mass is 157 g/mol. The number of carbonyl (C=O) groups excluding carboxylic acids is 1. The highest BCUT2D eigenvalue weighted by molar-refractivity contribution is 5.69. The molecule has 0 aliphatic heterocycles. The first-order valence-electron chi connectivity index (χ1n) is 3.81. The first-order valence-corrected chi connectivity index (χ1v) is 3.81. The van der Waals surface area contributed by atoms with Crippen LogP contribution in [0.4, 0.5) is 4.79 Å². The van der Waals surface area contributed by atoms with Gasteiger partial charge in [0.15, 0.2) is 0 Å². The molecule has 0 fully saturated rings. The van der Waals surface area contributed by atoms with Crippen molar-refractivity contribution < 1.29 is 9.53 Å². The molecule has 0 aliphatic rings. The van der Waals surface area contributed by atoms with Crippen molar-refractivity contribution in [3.8, 4) is 0 Å². The molecule has 0 rings (SSSR count). The van der Waals surface area contributed by atoms with Crippen LogP contribution < -0.4 is 5.32 Å². The van der Waals surface area contributed by atoms with Crippen molar-refractivity contribution in [1.82, 2.24) is 5.32 Å². The second kappa shape index (κ2) is 5.77. The fraction of sp³-hybridized carbons (Fsp3) is 0.625. The van der Waals surface area contributed by atoms with Gasteiger partial charge in [-0.1, -0.05) is 13.0 Å². The predicted octanol–water partition coefficient (Wildman–Crippen LogP) is 2.05. The van der Waals surface area contributed by atoms with Crippen LogP contribution in [0, 0.1) is 0 Å². The molecule has 3 heteroatoms. The maximum Gasteiger partial charge on any atom is 0.411 e. The fourth-order valence-electron chi connectivity index (χ4n) is 0.685. The van der Waals surface area contributed by atoms with Gasteiger partial charge >= 0.3 is 6.09 Å². The number of carbonyl (C=O) groups is 1. The van der Waals surface area contributed by atoms with Gasteiger partial charge in [-0.2, -0.15) is 0 Å². The molecule has 1 N–H and O–H groups in total. The van der Waals surface area contributed by atoms with Crippen LogP contribution in [-0.4, -0.2) is 12.7 Å². The Bertz CT molecular complexity index is 152. The van der Waals surface area contributed by atoms with Gasteiger partial charge in [0.05, 0.1) is 6.61 Å². The highest BCUT2D eigenvalue weighted by Gasteiger charge is 1.98. The molecule has 0 aromatic rings. The minimum absolute atomic E-state index is 0.380. The van der Waals surface area contributed by atoms with Crippen LogP contribution >= 0.6 is 0 Å². The number of ether oxygens (including phenoxy) is 1. The third-order valence-electron chi connectivity index (χ3n) is 1.08. The standard InChI is InChI=1S/C8H15NO2/c1-4-6-7(3)9-8(10)11-5-2/h6H,4-5H2,1-3H3,(H,9,10)/b7-6+. The quantitative estimate of drug-likeness (QED) is 0.680. The number of alkyl carbamates (subject to hydrolysis) is 1. The second-order valence-corrected chi connectivity index (χ2v) is 2.14. The lowest BCUT2D eigenvalue weighted by Gasteiger charge is -2.03. The summed E-state index contributed by atoms with van der Waals surface area (Å²) < 4.78 is 4.67. The molecular formula is C8H15NO2. The third-order valence-corrected chi connectivity index (χ3v) is 1.08. The van der Waals surface area contributed by atoms with Gasteiger partial charge in [-0.15, -0.1) is 0 Å². The van der Waals surface area contributed by atoms with Crippen LogP contribution in [0.5, 0.6) is 0 Å². The smallest absolute Gasteiger partial charge is 0.411 e. The number of rotatable bonds is 3. The van der Waals surface area contributed by atoms with Crippen LogP contribution in [-0.2, 0) is 4.74 Å². The van der Waals surface area contributed by atoms with E-state index in [1.165, 1.54) is 0 Å². The topological polar surface area (TPSA) is 38.3 Å². The molecule has 0 bridgehead atoms. The molecular weight excluding hydrogens is 142 g/mol. The molecule has 0 aromatic carbocycles. The normalized spacial score (nSPS) is 11.0. The number of hydrogen-bond donors (Lipinski definition) is 1. The van der Waals surface area contributed by atoms with Crippen LogP contribution in [0.25, 0.3) is 0 Å². The van der Waals surface area contributed by atoms with E-state index in [4.69, 9.17) is 0 Å². The van der Waals surface area contributed by atoms with Crippen molar-refractivity contribution in [2.45, 2.75) is 27.2 Å². The summed E-state index contributed by atoms with van der Waals surface area (Å²) in [6.07, 6.45) is 2.46. The van der Waals surface area contributed by atoms with Gasteiger partial charge in [-0.3, -0.25) is 5.32 Å². The van der Waals surface area contributed by atoms with E-state index in [-0.39, 0.29) is 6.09 Å². The molecule has 0 heterocycles. The zero-order valence-electron chi connectivity index (χ0n) is 7.31. The zero-order valence-corrected chi connectivity index (χ0v) is 7.31. The van der Waals surface area contributed by atoms with Crippen molar-refractivity contribution in [3.63, 3.8) is 0 Å². The average molecular weight is 157 g/mol. The SMILES string of the molecule is CC/C=C(\C)NC(=O)OCC. The third kappa shape index (κ3) is 5.45. The van der Waals surface area contributed by atoms with Crippen molar-refractivity contribution in [2.75, 3.05) is 6.61 Å². The van der Waals surface area contributed by atoms with E-state index in [2.05, 4.69) is 10.1 Å². The Balaban J connectivity index is 3.66. The molecule has 0 saturated carbocycles. The van der Waals surface area contributed by atoms with E-state index in [1.807, 2.05) is 19.9 Å². The first-order chi connectivity index (χ1) is 5.20. The molecule has 0 saturated heterocycles. The molecule has 0 spiro atoms. The predicted molar refractivity (Wildman–Crippen MR) is 44.2 cm³/mol. The number of allylic oxidation sites excluding steroid dienone is 2. The summed E-state index contributed by atoms with van der Waals surface area (Å²) in [6.45, 7) is 6.03. The summed E-state index contributed by atoms with van der Waals surface area (Å²) in [7, 11) is 0. The lowest BCUT2D eigenvalue weighted by molar-refractivity contribution is 0.155. The number of hydrogen-bond acceptors (Lipinski definition) is 2. The van der Waals surface area contributed by atoms with E-state index in [0.717, 1.165) is 12.1 Å². The Labute approximate surface area is 67.4 Å². The minimum atomic E-state index is -0.380. The van der Waals surface area contributed by atoms with Gasteiger partial charge in [0.1, 0.15) is 0 Å². The average Bonchev–Trinajstić information content (AvgIpc) is 1.87. The van der Waals surface area contributed by atoms with Crippen LogP contribution in [0.3, 0.4) is 0 Å². The van der Waals surface area contributed by atoms with Gasteiger partial charge in [0.25, 0.3) is 0 Å². The molecule has 0 aromatic heterocycles. The molecule has 1 amide bonds. The summed E-state index contributed by atoms with van der Waals surface area (Å²) in [5.74, 6) is 0. The van der Waals surface area contributed by atoms with Crippen molar-refractivity contribution in [3.05, 3.63) is 11.8 Å². The summed E-state index contributed by atoms with van der Waals surface area (Å²) in [6, 6.07) is 0. The van der Waals surface area contributed by atoms with Crippen molar-refractivity contribution in [2.24, 2.45) is 0 Å². The minimum Gasteiger partial charge on any atom is -0.450 e. The van der Waals surface area contributed by atoms with Crippen molar-refractivity contribution in [1.29, 1.82) is 0 Å². The van der Waals surface area contributed by atoms with Gasteiger partial charge < -0.3 is 4.74 Å². The Hall–Kier alpha value is -0.990. The van der Waals surface area contributed by atoms with E-state index >= 15 is 0 Å². The van der Waals surface area contributed by atoms with Crippen LogP contribution in [0.15, 0.2) is 11.8 Å². The lowest BCUT2D eigenvalue weighted by atomic mass is 10.4. The first kappa shape index (κ1) is 10.0. The molecule has 3 nitrogen and oxygen atoms in total. The number of amides is 1. The van der Waals surface area contributed by atoms with E-state index < -0.39 is 0 Å². The molecule has 64 valence electrons. The number of nitrogens with one attached hydrogen (secondary N) is 1. The largest absolute Gasteiger partial charge is 0.450 e. The summed E-state index contributed by atoms with van der Waals surface area (Å²) in [4.78, 5) is 10.8. The second-order valence-electron chi connectivity index (χ2n) is 2.14. The highest BCUT2D eigenvalue weighted by atomic mass is 16.5. The summed E-state index contributed by atoms with van der Waals surface area (Å²) in [5, 5.41) is 2.58. The molecule has 0 atom stereocenters. The zero-order chi connectivity index (χ0) is 8.69. The maximum absolute atomic E-state index is 10.8.